The summed E-state index contributed by atoms with van der Waals surface area (Å²) in [5.74, 6) is 0.736. The van der Waals surface area contributed by atoms with E-state index in [1.807, 2.05) is 0 Å². The normalized spacial score (nSPS) is 15.8. The molecule has 0 spiro atoms. The topological polar surface area (TPSA) is 85.3 Å². The van der Waals surface area contributed by atoms with Crippen LogP contribution in [0, 0.1) is 5.92 Å². The van der Waals surface area contributed by atoms with E-state index in [0.29, 0.717) is 43.6 Å². The standard InChI is InChI=1S/C23H20Cl2N2O3S/c1-12-2-6-16-19(10-12)31-23(21(16)22(26)29)27-20(28)9-5-14-4-8-18(30-14)15-7-3-13(24)11-17(15)25/h3-5,7-9,11-12H,2,6,10H2,1H3,(H2,26,29)(H,27,28)/b9-5+. The van der Waals surface area contributed by atoms with Crippen LogP contribution in [0.25, 0.3) is 17.4 Å². The zero-order valence-electron chi connectivity index (χ0n) is 16.7. The fourth-order valence-corrected chi connectivity index (χ4v) is 5.61. The van der Waals surface area contributed by atoms with Crippen molar-refractivity contribution < 1.29 is 14.0 Å². The minimum Gasteiger partial charge on any atom is -0.457 e. The fourth-order valence-electron chi connectivity index (χ4n) is 3.69. The molecule has 0 radical (unpaired) electrons. The number of primary amides is 1. The SMILES string of the molecule is CC1CCc2c(sc(NC(=O)/C=C/c3ccc(-c4ccc(Cl)cc4Cl)o3)c2C(N)=O)C1. The number of furan rings is 1. The Morgan fingerprint density at radius 1 is 1.26 bits per heavy atom. The zero-order chi connectivity index (χ0) is 22.1. The van der Waals surface area contributed by atoms with Gasteiger partial charge in [0, 0.05) is 21.5 Å². The van der Waals surface area contributed by atoms with Crippen LogP contribution in [-0.2, 0) is 17.6 Å². The van der Waals surface area contributed by atoms with E-state index in [1.165, 1.54) is 17.4 Å². The smallest absolute Gasteiger partial charge is 0.251 e. The van der Waals surface area contributed by atoms with Crippen molar-refractivity contribution in [2.24, 2.45) is 11.7 Å². The van der Waals surface area contributed by atoms with Gasteiger partial charge in [-0.1, -0.05) is 30.1 Å². The molecule has 0 bridgehead atoms. The number of benzene rings is 1. The van der Waals surface area contributed by atoms with Crippen LogP contribution >= 0.6 is 34.5 Å². The Hall–Kier alpha value is -2.54. The molecular formula is C23H20Cl2N2O3S. The van der Waals surface area contributed by atoms with E-state index in [9.17, 15) is 9.59 Å². The number of fused-ring (bicyclic) bond motifs is 1. The molecule has 0 aliphatic heterocycles. The summed E-state index contributed by atoms with van der Waals surface area (Å²) >= 11 is 13.6. The second-order valence-corrected chi connectivity index (χ2v) is 9.52. The molecular weight excluding hydrogens is 455 g/mol. The molecule has 8 heteroatoms. The van der Waals surface area contributed by atoms with Crippen molar-refractivity contribution in [2.75, 3.05) is 5.32 Å². The number of nitrogens with one attached hydrogen (secondary N) is 1. The highest BCUT2D eigenvalue weighted by Gasteiger charge is 2.27. The number of carbonyl (C=O) groups excluding carboxylic acids is 2. The third kappa shape index (κ3) is 4.71. The lowest BCUT2D eigenvalue weighted by atomic mass is 9.88. The van der Waals surface area contributed by atoms with Crippen LogP contribution in [0.4, 0.5) is 5.00 Å². The molecule has 3 N–H and O–H groups in total. The summed E-state index contributed by atoms with van der Waals surface area (Å²) in [6.07, 6.45) is 5.63. The largest absolute Gasteiger partial charge is 0.457 e. The number of halogens is 2. The molecule has 3 aromatic rings. The lowest BCUT2D eigenvalue weighted by molar-refractivity contribution is -0.111. The van der Waals surface area contributed by atoms with E-state index in [2.05, 4.69) is 12.2 Å². The minimum absolute atomic E-state index is 0.364. The molecule has 4 rings (SSSR count). The molecule has 0 saturated carbocycles. The number of hydrogen-bond acceptors (Lipinski definition) is 4. The molecule has 1 atom stereocenters. The Kier molecular flexibility index (Phi) is 6.23. The average Bonchev–Trinajstić information content (AvgIpc) is 3.30. The number of carbonyl (C=O) groups is 2. The van der Waals surface area contributed by atoms with Gasteiger partial charge in [-0.3, -0.25) is 9.59 Å². The first-order valence-corrected chi connectivity index (χ1v) is 11.4. The third-order valence-corrected chi connectivity index (χ3v) is 6.93. The van der Waals surface area contributed by atoms with Crippen LogP contribution in [0.15, 0.2) is 40.8 Å². The van der Waals surface area contributed by atoms with Gasteiger partial charge in [0.15, 0.2) is 0 Å². The van der Waals surface area contributed by atoms with Crippen LogP contribution in [-0.4, -0.2) is 11.8 Å². The molecule has 2 aromatic heterocycles. The van der Waals surface area contributed by atoms with Gasteiger partial charge >= 0.3 is 0 Å². The van der Waals surface area contributed by atoms with E-state index in [4.69, 9.17) is 33.4 Å². The van der Waals surface area contributed by atoms with Crippen LogP contribution in [0.1, 0.15) is 39.9 Å². The Morgan fingerprint density at radius 2 is 2.06 bits per heavy atom. The Bertz CT molecular complexity index is 1200. The van der Waals surface area contributed by atoms with E-state index in [-0.39, 0.29) is 5.91 Å². The third-order valence-electron chi connectivity index (χ3n) is 5.22. The van der Waals surface area contributed by atoms with Crippen LogP contribution < -0.4 is 11.1 Å². The van der Waals surface area contributed by atoms with Gasteiger partial charge in [-0.25, -0.2) is 0 Å². The van der Waals surface area contributed by atoms with Crippen LogP contribution in [0.2, 0.25) is 10.0 Å². The molecule has 2 amide bonds. The maximum atomic E-state index is 12.5. The highest BCUT2D eigenvalue weighted by atomic mass is 35.5. The van der Waals surface area contributed by atoms with Crippen molar-refractivity contribution in [2.45, 2.75) is 26.2 Å². The predicted octanol–water partition coefficient (Wildman–Crippen LogP) is 6.19. The van der Waals surface area contributed by atoms with E-state index in [0.717, 1.165) is 29.7 Å². The Labute approximate surface area is 193 Å². The molecule has 160 valence electrons. The Morgan fingerprint density at radius 3 is 2.81 bits per heavy atom. The molecule has 1 aliphatic carbocycles. The lowest BCUT2D eigenvalue weighted by Gasteiger charge is -2.18. The number of anilines is 1. The summed E-state index contributed by atoms with van der Waals surface area (Å²) in [6, 6.07) is 8.65. The quantitative estimate of drug-likeness (QED) is 0.432. The van der Waals surface area contributed by atoms with Gasteiger partial charge in [0.2, 0.25) is 5.91 Å². The molecule has 0 saturated heterocycles. The van der Waals surface area contributed by atoms with Gasteiger partial charge in [-0.2, -0.15) is 0 Å². The molecule has 1 aliphatic rings. The van der Waals surface area contributed by atoms with Crippen molar-refractivity contribution in [3.05, 3.63) is 68.2 Å². The number of hydrogen-bond donors (Lipinski definition) is 2. The molecule has 31 heavy (non-hydrogen) atoms. The van der Waals surface area contributed by atoms with E-state index < -0.39 is 5.91 Å². The summed E-state index contributed by atoms with van der Waals surface area (Å²) in [5.41, 5.74) is 7.72. The summed E-state index contributed by atoms with van der Waals surface area (Å²) in [6.45, 7) is 2.18. The molecule has 1 unspecified atom stereocenters. The number of nitrogens with two attached hydrogens (primary N) is 1. The average molecular weight is 475 g/mol. The Balaban J connectivity index is 1.50. The second kappa shape index (κ2) is 8.91. The molecule has 2 heterocycles. The second-order valence-electron chi connectivity index (χ2n) is 7.57. The van der Waals surface area contributed by atoms with Crippen LogP contribution in [0.5, 0.6) is 0 Å². The maximum Gasteiger partial charge on any atom is 0.251 e. The zero-order valence-corrected chi connectivity index (χ0v) is 19.0. The first-order chi connectivity index (χ1) is 14.8. The van der Waals surface area contributed by atoms with Gasteiger partial charge in [-0.05, 0) is 67.2 Å². The molecule has 0 fully saturated rings. The first kappa shape index (κ1) is 21.7. The molecule has 1 aromatic carbocycles. The highest BCUT2D eigenvalue weighted by molar-refractivity contribution is 7.17. The summed E-state index contributed by atoms with van der Waals surface area (Å²) in [5, 5.41) is 4.33. The van der Waals surface area contributed by atoms with Gasteiger partial charge in [-0.15, -0.1) is 11.3 Å². The summed E-state index contributed by atoms with van der Waals surface area (Å²) in [7, 11) is 0. The number of thiophene rings is 1. The highest BCUT2D eigenvalue weighted by Crippen LogP contribution is 2.39. The van der Waals surface area contributed by atoms with Crippen LogP contribution in [0.3, 0.4) is 0 Å². The van der Waals surface area contributed by atoms with Gasteiger partial charge in [0.05, 0.1) is 10.6 Å². The fraction of sp³-hybridized carbons (Fsp3) is 0.217. The van der Waals surface area contributed by atoms with Gasteiger partial charge < -0.3 is 15.5 Å². The number of amides is 2. The van der Waals surface area contributed by atoms with Crippen molar-refractivity contribution >= 4 is 57.4 Å². The molecule has 5 nitrogen and oxygen atoms in total. The monoisotopic (exact) mass is 474 g/mol. The summed E-state index contributed by atoms with van der Waals surface area (Å²) < 4.78 is 5.77. The van der Waals surface area contributed by atoms with E-state index >= 15 is 0 Å². The predicted molar refractivity (Wildman–Crippen MR) is 126 cm³/mol. The van der Waals surface area contributed by atoms with Crippen molar-refractivity contribution in [1.82, 2.24) is 0 Å². The van der Waals surface area contributed by atoms with Crippen molar-refractivity contribution in [3.8, 4) is 11.3 Å². The van der Waals surface area contributed by atoms with Crippen molar-refractivity contribution in [3.63, 3.8) is 0 Å². The van der Waals surface area contributed by atoms with Gasteiger partial charge in [0.1, 0.15) is 16.5 Å². The minimum atomic E-state index is -0.512. The summed E-state index contributed by atoms with van der Waals surface area (Å²) in [4.78, 5) is 25.6. The lowest BCUT2D eigenvalue weighted by Crippen LogP contribution is -2.18. The van der Waals surface area contributed by atoms with E-state index in [1.54, 1.807) is 36.4 Å². The maximum absolute atomic E-state index is 12.5. The van der Waals surface area contributed by atoms with Crippen molar-refractivity contribution in [1.29, 1.82) is 0 Å². The number of rotatable bonds is 5. The van der Waals surface area contributed by atoms with Gasteiger partial charge in [0.25, 0.3) is 5.91 Å². The first-order valence-electron chi connectivity index (χ1n) is 9.80.